The second-order valence-corrected chi connectivity index (χ2v) is 8.11. The van der Waals surface area contributed by atoms with Crippen LogP contribution in [0.3, 0.4) is 0 Å². The van der Waals surface area contributed by atoms with Crippen molar-refractivity contribution < 1.29 is 19.4 Å². The lowest BCUT2D eigenvalue weighted by molar-refractivity contribution is 0.0692. The third kappa shape index (κ3) is 3.36. The second kappa shape index (κ2) is 7.85. The summed E-state index contributed by atoms with van der Waals surface area (Å²) in [5.74, 6) is -1.54. The molecular weight excluding hydrogens is 453 g/mol. The number of ether oxygens (including phenoxy) is 1. The number of carboxylic acids is 1. The number of hydrogen-bond donors (Lipinski definition) is 2. The van der Waals surface area contributed by atoms with Gasteiger partial charge in [-0.3, -0.25) is 9.72 Å². The Balaban J connectivity index is 1.41. The normalized spacial score (nSPS) is 12.4. The second-order valence-electron chi connectivity index (χ2n) is 7.26. The predicted molar refractivity (Wildman–Crippen MR) is 121 cm³/mol. The Kier molecular flexibility index (Phi) is 5.00. The van der Waals surface area contributed by atoms with Gasteiger partial charge in [-0.25, -0.2) is 14.6 Å². The van der Waals surface area contributed by atoms with Crippen molar-refractivity contribution in [2.24, 2.45) is 0 Å². The number of carboxylic acid groups (broad SMARTS) is 1. The highest BCUT2D eigenvalue weighted by Gasteiger charge is 2.29. The maximum atomic E-state index is 12.6. The molecule has 7 nitrogen and oxygen atoms in total. The highest BCUT2D eigenvalue weighted by atomic mass is 35.5. The number of carbonyl (C=O) groups excluding carboxylic acids is 1. The van der Waals surface area contributed by atoms with Gasteiger partial charge < -0.3 is 9.84 Å². The first-order valence-electron chi connectivity index (χ1n) is 9.66. The van der Waals surface area contributed by atoms with E-state index in [1.165, 1.54) is 16.7 Å². The Morgan fingerprint density at radius 1 is 1.06 bits per heavy atom. The predicted octanol–water partition coefficient (Wildman–Crippen LogP) is 5.70. The smallest absolute Gasteiger partial charge is 0.412 e. The Hall–Kier alpha value is -3.55. The average Bonchev–Trinajstić information content (AvgIpc) is 3.29. The van der Waals surface area contributed by atoms with Crippen molar-refractivity contribution in [1.82, 2.24) is 9.38 Å². The zero-order valence-electron chi connectivity index (χ0n) is 16.4. The van der Waals surface area contributed by atoms with Gasteiger partial charge in [-0.05, 0) is 28.3 Å². The number of carbonyl (C=O) groups is 2. The van der Waals surface area contributed by atoms with E-state index in [-0.39, 0.29) is 39.7 Å². The number of imidazole rings is 1. The first-order chi connectivity index (χ1) is 15.4. The SMILES string of the molecule is O=C(Nc1c(C(=O)O)nc2c(Cl)cc(Cl)cn12)OCC1c2ccccc2-c2ccccc21. The Morgan fingerprint density at radius 2 is 1.69 bits per heavy atom. The van der Waals surface area contributed by atoms with Crippen LogP contribution in [0.5, 0.6) is 0 Å². The first kappa shape index (κ1) is 20.4. The molecule has 0 bridgehead atoms. The van der Waals surface area contributed by atoms with Gasteiger partial charge in [-0.2, -0.15) is 0 Å². The van der Waals surface area contributed by atoms with Gasteiger partial charge in [0.15, 0.2) is 17.2 Å². The topological polar surface area (TPSA) is 92.9 Å². The Bertz CT molecular complexity index is 1350. The summed E-state index contributed by atoms with van der Waals surface area (Å²) < 4.78 is 6.82. The lowest BCUT2D eigenvalue weighted by Crippen LogP contribution is -2.20. The van der Waals surface area contributed by atoms with E-state index in [4.69, 9.17) is 27.9 Å². The summed E-state index contributed by atoms with van der Waals surface area (Å²) in [5, 5.41) is 12.4. The molecule has 0 unspecified atom stereocenters. The van der Waals surface area contributed by atoms with Gasteiger partial charge in [-0.15, -0.1) is 0 Å². The van der Waals surface area contributed by atoms with Crippen LogP contribution in [0, 0.1) is 0 Å². The summed E-state index contributed by atoms with van der Waals surface area (Å²) >= 11 is 12.2. The number of aromatic nitrogens is 2. The molecule has 2 aromatic heterocycles. The van der Waals surface area contributed by atoms with Crippen molar-refractivity contribution in [3.05, 3.63) is 87.7 Å². The van der Waals surface area contributed by atoms with Crippen LogP contribution in [-0.2, 0) is 4.74 Å². The van der Waals surface area contributed by atoms with Crippen LogP contribution in [0.2, 0.25) is 10.0 Å². The van der Waals surface area contributed by atoms with Crippen molar-refractivity contribution in [1.29, 1.82) is 0 Å². The standard InChI is InChI=1S/C23H15Cl2N3O4/c24-12-9-18(25)20-26-19(22(29)30)21(28(20)10-12)27-23(31)32-11-17-15-7-3-1-5-13(15)14-6-2-4-8-16(14)17/h1-10,17H,11H2,(H,27,31)(H,29,30). The summed E-state index contributed by atoms with van der Waals surface area (Å²) in [6, 6.07) is 17.4. The summed E-state index contributed by atoms with van der Waals surface area (Å²) in [4.78, 5) is 28.3. The molecule has 0 fully saturated rings. The summed E-state index contributed by atoms with van der Waals surface area (Å²) in [6.45, 7) is 0.0838. The molecule has 0 radical (unpaired) electrons. The molecule has 2 aromatic carbocycles. The maximum Gasteiger partial charge on any atom is 0.412 e. The van der Waals surface area contributed by atoms with E-state index in [1.807, 2.05) is 48.5 Å². The molecule has 0 saturated heterocycles. The van der Waals surface area contributed by atoms with E-state index in [0.29, 0.717) is 0 Å². The number of fused-ring (bicyclic) bond motifs is 4. The molecule has 1 amide bonds. The zero-order chi connectivity index (χ0) is 22.4. The van der Waals surface area contributed by atoms with Crippen LogP contribution in [0.4, 0.5) is 10.6 Å². The average molecular weight is 468 g/mol. The van der Waals surface area contributed by atoms with Crippen molar-refractivity contribution in [2.45, 2.75) is 5.92 Å². The molecule has 160 valence electrons. The minimum absolute atomic E-state index is 0.0838. The number of halogens is 2. The molecule has 32 heavy (non-hydrogen) atoms. The van der Waals surface area contributed by atoms with E-state index in [2.05, 4.69) is 10.3 Å². The largest absolute Gasteiger partial charge is 0.476 e. The summed E-state index contributed by atoms with van der Waals surface area (Å²) in [5.41, 5.74) is 4.14. The number of amides is 1. The van der Waals surface area contributed by atoms with E-state index in [1.54, 1.807) is 0 Å². The molecule has 1 aliphatic rings. The maximum absolute atomic E-state index is 12.6. The van der Waals surface area contributed by atoms with Crippen LogP contribution < -0.4 is 5.32 Å². The number of rotatable bonds is 4. The summed E-state index contributed by atoms with van der Waals surface area (Å²) in [7, 11) is 0. The van der Waals surface area contributed by atoms with Crippen molar-refractivity contribution in [3.63, 3.8) is 0 Å². The van der Waals surface area contributed by atoms with Crippen LogP contribution in [-0.4, -0.2) is 33.2 Å². The summed E-state index contributed by atoms with van der Waals surface area (Å²) in [6.07, 6.45) is 0.605. The fraction of sp³-hybridized carbons (Fsp3) is 0.0870. The Labute approximate surface area is 192 Å². The molecule has 9 heteroatoms. The molecule has 0 aliphatic heterocycles. The van der Waals surface area contributed by atoms with Crippen molar-refractivity contribution in [2.75, 3.05) is 11.9 Å². The molecule has 0 saturated carbocycles. The highest BCUT2D eigenvalue weighted by Crippen LogP contribution is 2.44. The minimum Gasteiger partial charge on any atom is -0.476 e. The van der Waals surface area contributed by atoms with E-state index in [0.717, 1.165) is 22.3 Å². The van der Waals surface area contributed by atoms with Gasteiger partial charge in [0.25, 0.3) is 0 Å². The fourth-order valence-electron chi connectivity index (χ4n) is 4.07. The number of pyridine rings is 1. The molecule has 2 N–H and O–H groups in total. The number of hydrogen-bond acceptors (Lipinski definition) is 4. The van der Waals surface area contributed by atoms with Crippen LogP contribution in [0.1, 0.15) is 27.5 Å². The van der Waals surface area contributed by atoms with Gasteiger partial charge in [0.2, 0.25) is 0 Å². The number of anilines is 1. The minimum atomic E-state index is -1.32. The lowest BCUT2D eigenvalue weighted by Gasteiger charge is -2.14. The van der Waals surface area contributed by atoms with E-state index >= 15 is 0 Å². The molecule has 1 aliphatic carbocycles. The van der Waals surface area contributed by atoms with Crippen LogP contribution in [0.25, 0.3) is 16.8 Å². The van der Waals surface area contributed by atoms with Crippen LogP contribution in [0.15, 0.2) is 60.8 Å². The number of nitrogens with zero attached hydrogens (tertiary/aromatic N) is 2. The Morgan fingerprint density at radius 3 is 2.31 bits per heavy atom. The quantitative estimate of drug-likeness (QED) is 0.401. The number of aromatic carboxylic acids is 1. The molecular formula is C23H15Cl2N3O4. The molecule has 5 rings (SSSR count). The number of benzene rings is 2. The molecule has 2 heterocycles. The number of nitrogens with one attached hydrogen (secondary N) is 1. The fourth-order valence-corrected chi connectivity index (χ4v) is 4.59. The molecule has 0 atom stereocenters. The van der Waals surface area contributed by atoms with Crippen molar-refractivity contribution >= 4 is 46.7 Å². The third-order valence-corrected chi connectivity index (χ3v) is 5.89. The zero-order valence-corrected chi connectivity index (χ0v) is 17.9. The first-order valence-corrected chi connectivity index (χ1v) is 10.4. The van der Waals surface area contributed by atoms with Gasteiger partial charge >= 0.3 is 12.1 Å². The highest BCUT2D eigenvalue weighted by molar-refractivity contribution is 6.36. The molecule has 4 aromatic rings. The monoisotopic (exact) mass is 467 g/mol. The third-order valence-electron chi connectivity index (χ3n) is 5.41. The van der Waals surface area contributed by atoms with E-state index in [9.17, 15) is 14.7 Å². The van der Waals surface area contributed by atoms with Crippen molar-refractivity contribution in [3.8, 4) is 11.1 Å². The van der Waals surface area contributed by atoms with Gasteiger partial charge in [0.05, 0.1) is 10.0 Å². The van der Waals surface area contributed by atoms with Gasteiger partial charge in [-0.1, -0.05) is 71.7 Å². The van der Waals surface area contributed by atoms with Gasteiger partial charge in [0, 0.05) is 12.1 Å². The molecule has 0 spiro atoms. The van der Waals surface area contributed by atoms with Crippen LogP contribution >= 0.6 is 23.2 Å². The lowest BCUT2D eigenvalue weighted by atomic mass is 9.98. The van der Waals surface area contributed by atoms with Gasteiger partial charge in [0.1, 0.15) is 6.61 Å². The van der Waals surface area contributed by atoms with E-state index < -0.39 is 12.1 Å².